The van der Waals surface area contributed by atoms with Crippen LogP contribution in [-0.2, 0) is 9.53 Å². The van der Waals surface area contributed by atoms with Crippen LogP contribution in [0.15, 0.2) is 12.1 Å². The third-order valence-corrected chi connectivity index (χ3v) is 2.84. The minimum absolute atomic E-state index is 0.224. The van der Waals surface area contributed by atoms with Crippen LogP contribution >= 0.6 is 0 Å². The van der Waals surface area contributed by atoms with Gasteiger partial charge in [0.1, 0.15) is 5.56 Å². The summed E-state index contributed by atoms with van der Waals surface area (Å²) in [5.41, 5.74) is 2.52. The molecule has 0 saturated carbocycles. The summed E-state index contributed by atoms with van der Waals surface area (Å²) < 4.78 is 9.96. The summed E-state index contributed by atoms with van der Waals surface area (Å²) in [7, 11) is 1.30. The zero-order chi connectivity index (χ0) is 14.2. The third-order valence-electron chi connectivity index (χ3n) is 2.84. The highest BCUT2D eigenvalue weighted by Gasteiger charge is 2.22. The maximum Gasteiger partial charge on any atom is 0.342 e. The lowest BCUT2D eigenvalue weighted by Crippen LogP contribution is -2.11. The lowest BCUT2D eigenvalue weighted by Gasteiger charge is -2.11. The lowest BCUT2D eigenvalue weighted by atomic mass is 10.0. The molecule has 1 N–H and O–H groups in total. The lowest BCUT2D eigenvalue weighted by molar-refractivity contribution is -0.131. The van der Waals surface area contributed by atoms with E-state index in [0.29, 0.717) is 11.1 Å². The molecule has 0 aliphatic carbocycles. The first-order valence-corrected chi connectivity index (χ1v) is 5.83. The molecule has 100 valence electrons. The Morgan fingerprint density at radius 3 is 2.47 bits per heavy atom. The molecule has 1 aromatic heterocycles. The zero-order valence-electron chi connectivity index (χ0n) is 11.3. The first-order chi connectivity index (χ1) is 8.93. The van der Waals surface area contributed by atoms with Crippen molar-refractivity contribution in [2.45, 2.75) is 20.8 Å². The van der Waals surface area contributed by atoms with Crippen LogP contribution in [0.4, 0.5) is 0 Å². The van der Waals surface area contributed by atoms with Gasteiger partial charge in [0.25, 0.3) is 0 Å². The molecule has 5 heteroatoms. The van der Waals surface area contributed by atoms with Gasteiger partial charge in [-0.1, -0.05) is 0 Å². The molecule has 0 radical (unpaired) electrons. The Labute approximate surface area is 110 Å². The van der Waals surface area contributed by atoms with Crippen LogP contribution in [0, 0.1) is 13.8 Å². The minimum atomic E-state index is -0.525. The Bertz CT molecular complexity index is 670. The van der Waals surface area contributed by atoms with Crippen LogP contribution < -0.4 is 4.74 Å². The molecule has 2 aromatic rings. The number of hydrogen-bond acceptors (Lipinski definition) is 4. The first kappa shape index (κ1) is 13.1. The van der Waals surface area contributed by atoms with E-state index >= 15 is 0 Å². The number of aryl methyl sites for hydroxylation is 2. The van der Waals surface area contributed by atoms with Crippen LogP contribution in [-0.4, -0.2) is 24.0 Å². The summed E-state index contributed by atoms with van der Waals surface area (Å²) in [4.78, 5) is 26.2. The number of benzene rings is 1. The van der Waals surface area contributed by atoms with Crippen molar-refractivity contribution in [1.82, 2.24) is 4.98 Å². The fourth-order valence-corrected chi connectivity index (χ4v) is 2.12. The van der Waals surface area contributed by atoms with E-state index in [1.807, 2.05) is 19.1 Å². The summed E-state index contributed by atoms with van der Waals surface area (Å²) in [6.45, 7) is 4.97. The molecule has 0 unspecified atom stereocenters. The molecule has 0 fully saturated rings. The Morgan fingerprint density at radius 1 is 1.21 bits per heavy atom. The van der Waals surface area contributed by atoms with Gasteiger partial charge >= 0.3 is 11.9 Å². The van der Waals surface area contributed by atoms with Gasteiger partial charge in [-0.3, -0.25) is 4.79 Å². The Morgan fingerprint density at radius 2 is 1.89 bits per heavy atom. The van der Waals surface area contributed by atoms with Crippen LogP contribution in [0.2, 0.25) is 0 Å². The second-order valence-electron chi connectivity index (χ2n) is 4.40. The van der Waals surface area contributed by atoms with E-state index in [9.17, 15) is 9.59 Å². The number of fused-ring (bicyclic) bond motifs is 1. The van der Waals surface area contributed by atoms with E-state index < -0.39 is 11.9 Å². The number of rotatable bonds is 2. The van der Waals surface area contributed by atoms with Gasteiger partial charge in [-0.15, -0.1) is 0 Å². The van der Waals surface area contributed by atoms with E-state index in [4.69, 9.17) is 9.47 Å². The van der Waals surface area contributed by atoms with Crippen molar-refractivity contribution in [1.29, 1.82) is 0 Å². The Kier molecular flexibility index (Phi) is 3.29. The largest absolute Gasteiger partial charge is 0.465 e. The molecule has 0 bridgehead atoms. The topological polar surface area (TPSA) is 68.4 Å². The third kappa shape index (κ3) is 2.31. The summed E-state index contributed by atoms with van der Waals surface area (Å²) >= 11 is 0. The second kappa shape index (κ2) is 4.76. The van der Waals surface area contributed by atoms with Crippen molar-refractivity contribution in [2.75, 3.05) is 7.11 Å². The van der Waals surface area contributed by atoms with Crippen LogP contribution in [0.3, 0.4) is 0 Å². The molecule has 1 aromatic carbocycles. The van der Waals surface area contributed by atoms with Gasteiger partial charge in [-0.25, -0.2) is 4.79 Å². The number of aromatic nitrogens is 1. The van der Waals surface area contributed by atoms with Crippen molar-refractivity contribution >= 4 is 22.8 Å². The molecular formula is C14H15NO4. The predicted octanol–water partition coefficient (Wildman–Crippen LogP) is 2.50. The number of carbonyl (C=O) groups excluding carboxylic acids is 2. The van der Waals surface area contributed by atoms with Crippen molar-refractivity contribution < 1.29 is 19.1 Å². The number of esters is 2. The highest BCUT2D eigenvalue weighted by molar-refractivity contribution is 6.03. The summed E-state index contributed by atoms with van der Waals surface area (Å²) in [5, 5.41) is 0.888. The van der Waals surface area contributed by atoms with Gasteiger partial charge in [0.2, 0.25) is 0 Å². The Balaban J connectivity index is 2.80. The van der Waals surface area contributed by atoms with Gasteiger partial charge in [0.15, 0.2) is 5.75 Å². The molecule has 5 nitrogen and oxygen atoms in total. The average molecular weight is 261 g/mol. The highest BCUT2D eigenvalue weighted by atomic mass is 16.5. The number of H-pyrrole nitrogens is 1. The van der Waals surface area contributed by atoms with Gasteiger partial charge in [-0.2, -0.15) is 0 Å². The van der Waals surface area contributed by atoms with Gasteiger partial charge in [0, 0.05) is 18.0 Å². The molecule has 0 aliphatic heterocycles. The molecule has 0 saturated heterocycles. The smallest absolute Gasteiger partial charge is 0.342 e. The molecule has 1 heterocycles. The van der Waals surface area contributed by atoms with Gasteiger partial charge in [0.05, 0.1) is 12.6 Å². The van der Waals surface area contributed by atoms with Crippen LogP contribution in [0.25, 0.3) is 10.9 Å². The van der Waals surface area contributed by atoms with Crippen molar-refractivity contribution in [3.05, 3.63) is 29.0 Å². The number of hydrogen-bond donors (Lipinski definition) is 1. The van der Waals surface area contributed by atoms with Crippen molar-refractivity contribution in [3.63, 3.8) is 0 Å². The van der Waals surface area contributed by atoms with Gasteiger partial charge in [-0.05, 0) is 31.5 Å². The molecular weight excluding hydrogens is 246 g/mol. The molecule has 2 rings (SSSR count). The van der Waals surface area contributed by atoms with E-state index in [1.165, 1.54) is 14.0 Å². The monoisotopic (exact) mass is 261 g/mol. The highest BCUT2D eigenvalue weighted by Crippen LogP contribution is 2.33. The number of nitrogens with one attached hydrogen (secondary N) is 1. The number of ether oxygens (including phenoxy) is 2. The molecule has 19 heavy (non-hydrogen) atoms. The van der Waals surface area contributed by atoms with Gasteiger partial charge < -0.3 is 14.5 Å². The van der Waals surface area contributed by atoms with Crippen molar-refractivity contribution in [2.24, 2.45) is 0 Å². The SMILES string of the molecule is COC(=O)c1c(C)cc2cc(C)[nH]c2c1OC(C)=O. The normalized spacial score (nSPS) is 10.5. The summed E-state index contributed by atoms with van der Waals surface area (Å²) in [5.74, 6) is -0.783. The van der Waals surface area contributed by atoms with Crippen molar-refractivity contribution in [3.8, 4) is 5.75 Å². The summed E-state index contributed by atoms with van der Waals surface area (Å²) in [6, 6.07) is 3.79. The molecule has 0 atom stereocenters. The maximum absolute atomic E-state index is 11.9. The first-order valence-electron chi connectivity index (χ1n) is 5.83. The number of carbonyl (C=O) groups is 2. The Hall–Kier alpha value is -2.30. The van der Waals surface area contributed by atoms with E-state index in [1.54, 1.807) is 6.92 Å². The quantitative estimate of drug-likeness (QED) is 0.666. The molecule has 0 amide bonds. The minimum Gasteiger partial charge on any atom is -0.465 e. The van der Waals surface area contributed by atoms with E-state index in [2.05, 4.69) is 4.98 Å². The fourth-order valence-electron chi connectivity index (χ4n) is 2.12. The zero-order valence-corrected chi connectivity index (χ0v) is 11.3. The maximum atomic E-state index is 11.9. The van der Waals surface area contributed by atoms with Crippen LogP contribution in [0.5, 0.6) is 5.75 Å². The second-order valence-corrected chi connectivity index (χ2v) is 4.40. The van der Waals surface area contributed by atoms with E-state index in [-0.39, 0.29) is 11.3 Å². The number of aromatic amines is 1. The summed E-state index contributed by atoms with van der Waals surface area (Å²) in [6.07, 6.45) is 0. The van der Waals surface area contributed by atoms with Crippen LogP contribution in [0.1, 0.15) is 28.5 Å². The predicted molar refractivity (Wildman–Crippen MR) is 70.4 cm³/mol. The number of methoxy groups -OCH3 is 1. The average Bonchev–Trinajstić information content (AvgIpc) is 2.68. The standard InChI is InChI=1S/C14H15NO4/c1-7-5-10-6-8(2)15-12(10)13(19-9(3)16)11(7)14(17)18-4/h5-6,15H,1-4H3. The molecule has 0 aliphatic rings. The molecule has 0 spiro atoms. The van der Waals surface area contributed by atoms with E-state index in [0.717, 1.165) is 11.1 Å². The fraction of sp³-hybridized carbons (Fsp3) is 0.286.